The number of nitrogens with two attached hydrogens (primary N) is 1. The first kappa shape index (κ1) is 10.0. The Bertz CT molecular complexity index is 297. The molecule has 0 aliphatic carbocycles. The predicted octanol–water partition coefficient (Wildman–Crippen LogP) is 1.08. The molecule has 13 heavy (non-hydrogen) atoms. The van der Waals surface area contributed by atoms with Gasteiger partial charge in [0.1, 0.15) is 5.75 Å². The number of aliphatic hydroxyl groups excluding tert-OH is 1. The average molecular weight is 181 g/mol. The molecule has 0 spiro atoms. The highest BCUT2D eigenvalue weighted by Crippen LogP contribution is 2.22. The van der Waals surface area contributed by atoms with E-state index in [1.165, 1.54) is 0 Å². The van der Waals surface area contributed by atoms with E-state index in [1.807, 2.05) is 6.92 Å². The summed E-state index contributed by atoms with van der Waals surface area (Å²) >= 11 is 0. The lowest BCUT2D eigenvalue weighted by molar-refractivity contribution is 0.164. The topological polar surface area (TPSA) is 66.5 Å². The van der Waals surface area contributed by atoms with E-state index in [1.54, 1.807) is 25.1 Å². The van der Waals surface area contributed by atoms with E-state index in [4.69, 9.17) is 10.8 Å². The molecule has 4 N–H and O–H groups in total. The van der Waals surface area contributed by atoms with Crippen LogP contribution in [0.5, 0.6) is 5.75 Å². The number of aromatic hydroxyl groups is 1. The maximum Gasteiger partial charge on any atom is 0.115 e. The quantitative estimate of drug-likeness (QED) is 0.639. The van der Waals surface area contributed by atoms with Crippen LogP contribution in [0.4, 0.5) is 0 Å². The van der Waals surface area contributed by atoms with Gasteiger partial charge in [-0.3, -0.25) is 0 Å². The number of rotatable bonds is 2. The fourth-order valence-electron chi connectivity index (χ4n) is 1.29. The van der Waals surface area contributed by atoms with E-state index in [9.17, 15) is 5.11 Å². The Balaban J connectivity index is 3.01. The van der Waals surface area contributed by atoms with Gasteiger partial charge in [0.05, 0.1) is 12.1 Å². The molecule has 0 saturated heterocycles. The van der Waals surface area contributed by atoms with Gasteiger partial charge in [0.2, 0.25) is 0 Å². The van der Waals surface area contributed by atoms with Crippen LogP contribution in [0.25, 0.3) is 0 Å². The first-order valence-corrected chi connectivity index (χ1v) is 4.25. The van der Waals surface area contributed by atoms with Gasteiger partial charge in [-0.25, -0.2) is 0 Å². The Morgan fingerprint density at radius 1 is 1.38 bits per heavy atom. The molecular weight excluding hydrogens is 166 g/mol. The molecule has 0 aromatic heterocycles. The Hall–Kier alpha value is -1.06. The van der Waals surface area contributed by atoms with Crippen molar-refractivity contribution in [1.82, 2.24) is 0 Å². The number of hydrogen-bond donors (Lipinski definition) is 3. The SMILES string of the molecule is Cc1cc(O)ccc1[C@H](N)[C@@H](C)O. The zero-order valence-electron chi connectivity index (χ0n) is 7.86. The molecule has 0 aliphatic heterocycles. The molecule has 72 valence electrons. The lowest BCUT2D eigenvalue weighted by atomic mass is 9.98. The fourth-order valence-corrected chi connectivity index (χ4v) is 1.29. The molecule has 1 aromatic carbocycles. The van der Waals surface area contributed by atoms with Gasteiger partial charge in [0, 0.05) is 0 Å². The van der Waals surface area contributed by atoms with Gasteiger partial charge in [-0.15, -0.1) is 0 Å². The Kier molecular flexibility index (Phi) is 2.90. The lowest BCUT2D eigenvalue weighted by Crippen LogP contribution is -2.23. The summed E-state index contributed by atoms with van der Waals surface area (Å²) in [7, 11) is 0. The van der Waals surface area contributed by atoms with E-state index >= 15 is 0 Å². The monoisotopic (exact) mass is 181 g/mol. The summed E-state index contributed by atoms with van der Waals surface area (Å²) in [4.78, 5) is 0. The molecule has 0 unspecified atom stereocenters. The maximum atomic E-state index is 9.28. The second-order valence-electron chi connectivity index (χ2n) is 3.31. The standard InChI is InChI=1S/C10H15NO2/c1-6-5-8(13)3-4-9(6)10(11)7(2)12/h3-5,7,10,12-13H,11H2,1-2H3/t7-,10-/m1/s1. The molecule has 3 nitrogen and oxygen atoms in total. The van der Waals surface area contributed by atoms with Crippen molar-refractivity contribution in [2.24, 2.45) is 5.73 Å². The molecule has 0 radical (unpaired) electrons. The van der Waals surface area contributed by atoms with Crippen LogP contribution in [-0.4, -0.2) is 16.3 Å². The van der Waals surface area contributed by atoms with Crippen molar-refractivity contribution in [2.45, 2.75) is 26.0 Å². The van der Waals surface area contributed by atoms with Crippen LogP contribution < -0.4 is 5.73 Å². The van der Waals surface area contributed by atoms with Gasteiger partial charge >= 0.3 is 0 Å². The lowest BCUT2D eigenvalue weighted by Gasteiger charge is -2.17. The molecule has 0 saturated carbocycles. The highest BCUT2D eigenvalue weighted by molar-refractivity contribution is 5.36. The summed E-state index contributed by atoms with van der Waals surface area (Å²) in [6.07, 6.45) is -0.580. The van der Waals surface area contributed by atoms with Crippen LogP contribution in [0.1, 0.15) is 24.1 Å². The van der Waals surface area contributed by atoms with Crippen LogP contribution in [-0.2, 0) is 0 Å². The van der Waals surface area contributed by atoms with Crippen LogP contribution in [0.3, 0.4) is 0 Å². The minimum Gasteiger partial charge on any atom is -0.508 e. The van der Waals surface area contributed by atoms with Crippen molar-refractivity contribution in [1.29, 1.82) is 0 Å². The number of benzene rings is 1. The Morgan fingerprint density at radius 2 is 2.00 bits per heavy atom. The normalized spacial score (nSPS) is 15.4. The number of phenols is 1. The highest BCUT2D eigenvalue weighted by atomic mass is 16.3. The van der Waals surface area contributed by atoms with Crippen molar-refractivity contribution >= 4 is 0 Å². The average Bonchev–Trinajstić information content (AvgIpc) is 2.03. The molecule has 0 amide bonds. The number of aliphatic hydroxyl groups is 1. The van der Waals surface area contributed by atoms with Gasteiger partial charge in [-0.1, -0.05) is 6.07 Å². The summed E-state index contributed by atoms with van der Waals surface area (Å²) in [5.74, 6) is 0.221. The van der Waals surface area contributed by atoms with Crippen molar-refractivity contribution < 1.29 is 10.2 Å². The second-order valence-corrected chi connectivity index (χ2v) is 3.31. The maximum absolute atomic E-state index is 9.28. The Labute approximate surface area is 77.8 Å². The van der Waals surface area contributed by atoms with Crippen molar-refractivity contribution in [2.75, 3.05) is 0 Å². The Morgan fingerprint density at radius 3 is 2.46 bits per heavy atom. The number of phenolic OH excluding ortho intramolecular Hbond substituents is 1. The van der Waals surface area contributed by atoms with Gasteiger partial charge in [0.15, 0.2) is 0 Å². The first-order chi connectivity index (χ1) is 6.02. The van der Waals surface area contributed by atoms with Crippen LogP contribution in [0.2, 0.25) is 0 Å². The summed E-state index contributed by atoms with van der Waals surface area (Å²) in [6.45, 7) is 3.51. The molecule has 2 atom stereocenters. The van der Waals surface area contributed by atoms with E-state index in [0.29, 0.717) is 0 Å². The molecule has 1 rings (SSSR count). The third-order valence-electron chi connectivity index (χ3n) is 2.13. The van der Waals surface area contributed by atoms with Gasteiger partial charge in [0.25, 0.3) is 0 Å². The number of aryl methyl sites for hydroxylation is 1. The van der Waals surface area contributed by atoms with Crippen LogP contribution >= 0.6 is 0 Å². The van der Waals surface area contributed by atoms with Crippen molar-refractivity contribution in [3.8, 4) is 5.75 Å². The van der Waals surface area contributed by atoms with E-state index in [-0.39, 0.29) is 11.8 Å². The smallest absolute Gasteiger partial charge is 0.115 e. The van der Waals surface area contributed by atoms with Gasteiger partial charge in [-0.2, -0.15) is 0 Å². The summed E-state index contributed by atoms with van der Waals surface area (Å²) < 4.78 is 0. The molecule has 3 heteroatoms. The summed E-state index contributed by atoms with van der Waals surface area (Å²) in [6, 6.07) is 4.56. The molecule has 0 aliphatic rings. The minimum atomic E-state index is -0.580. The van der Waals surface area contributed by atoms with Crippen molar-refractivity contribution in [3.63, 3.8) is 0 Å². The van der Waals surface area contributed by atoms with Gasteiger partial charge in [-0.05, 0) is 37.1 Å². The molecule has 0 bridgehead atoms. The summed E-state index contributed by atoms with van der Waals surface area (Å²) in [5, 5.41) is 18.4. The largest absolute Gasteiger partial charge is 0.508 e. The second kappa shape index (κ2) is 3.77. The third kappa shape index (κ3) is 2.20. The molecule has 0 heterocycles. The number of hydrogen-bond acceptors (Lipinski definition) is 3. The zero-order valence-corrected chi connectivity index (χ0v) is 7.86. The molecular formula is C10H15NO2. The highest BCUT2D eigenvalue weighted by Gasteiger charge is 2.13. The van der Waals surface area contributed by atoms with E-state index in [0.717, 1.165) is 11.1 Å². The van der Waals surface area contributed by atoms with E-state index < -0.39 is 6.10 Å². The van der Waals surface area contributed by atoms with Crippen LogP contribution in [0.15, 0.2) is 18.2 Å². The molecule has 1 aromatic rings. The van der Waals surface area contributed by atoms with E-state index in [2.05, 4.69) is 0 Å². The predicted molar refractivity (Wildman–Crippen MR) is 51.5 cm³/mol. The first-order valence-electron chi connectivity index (χ1n) is 4.25. The molecule has 0 fully saturated rings. The third-order valence-corrected chi connectivity index (χ3v) is 2.13. The fraction of sp³-hybridized carbons (Fsp3) is 0.400. The van der Waals surface area contributed by atoms with Gasteiger partial charge < -0.3 is 15.9 Å². The summed E-state index contributed by atoms with van der Waals surface area (Å²) in [5.41, 5.74) is 7.52. The van der Waals surface area contributed by atoms with Crippen molar-refractivity contribution in [3.05, 3.63) is 29.3 Å². The van der Waals surface area contributed by atoms with Crippen LogP contribution in [0, 0.1) is 6.92 Å². The minimum absolute atomic E-state index is 0.221. The zero-order chi connectivity index (χ0) is 10.0.